The number of nitrogens with one attached hydrogen (secondary N) is 1. The van der Waals surface area contributed by atoms with E-state index in [-0.39, 0.29) is 0 Å². The third-order valence-electron chi connectivity index (χ3n) is 2.91. The molecular weight excluding hydrogens is 244 g/mol. The lowest BCUT2D eigenvalue weighted by molar-refractivity contribution is 0.415. The summed E-state index contributed by atoms with van der Waals surface area (Å²) >= 11 is 1.72. The summed E-state index contributed by atoms with van der Waals surface area (Å²) in [4.78, 5) is 4.66. The highest BCUT2D eigenvalue weighted by Gasteiger charge is 2.07. The van der Waals surface area contributed by atoms with E-state index < -0.39 is 0 Å². The van der Waals surface area contributed by atoms with Gasteiger partial charge in [0.05, 0.1) is 17.8 Å². The molecule has 2 rings (SSSR count). The number of methoxy groups -OCH3 is 1. The molecule has 0 saturated heterocycles. The molecule has 0 aliphatic heterocycles. The average molecular weight is 262 g/mol. The van der Waals surface area contributed by atoms with Gasteiger partial charge < -0.3 is 10.1 Å². The third kappa shape index (κ3) is 3.09. The topological polar surface area (TPSA) is 34.2 Å². The quantitative estimate of drug-likeness (QED) is 0.899. The summed E-state index contributed by atoms with van der Waals surface area (Å²) in [6, 6.07) is 8.47. The highest BCUT2D eigenvalue weighted by atomic mass is 32.1. The molecule has 18 heavy (non-hydrogen) atoms. The lowest BCUT2D eigenvalue weighted by atomic mass is 10.2. The summed E-state index contributed by atoms with van der Waals surface area (Å²) in [5.74, 6) is 0.873. The maximum absolute atomic E-state index is 5.15. The van der Waals surface area contributed by atoms with Crippen molar-refractivity contribution in [3.63, 3.8) is 0 Å². The normalized spacial score (nSPS) is 12.4. The first-order valence-electron chi connectivity index (χ1n) is 5.99. The van der Waals surface area contributed by atoms with Crippen molar-refractivity contribution in [2.24, 2.45) is 0 Å². The summed E-state index contributed by atoms with van der Waals surface area (Å²) in [6.07, 6.45) is 0.970. The van der Waals surface area contributed by atoms with Crippen LogP contribution in [0.4, 0.5) is 0 Å². The molecule has 0 saturated carbocycles. The maximum Gasteiger partial charge on any atom is 0.118 e. The minimum atomic E-state index is 0.458. The van der Waals surface area contributed by atoms with Crippen LogP contribution in [-0.4, -0.2) is 25.2 Å². The van der Waals surface area contributed by atoms with E-state index in [0.717, 1.165) is 23.4 Å². The first-order valence-corrected chi connectivity index (χ1v) is 6.87. The van der Waals surface area contributed by atoms with E-state index in [1.165, 1.54) is 5.01 Å². The second-order valence-corrected chi connectivity index (χ2v) is 5.19. The van der Waals surface area contributed by atoms with Crippen molar-refractivity contribution in [1.29, 1.82) is 0 Å². The van der Waals surface area contributed by atoms with Gasteiger partial charge in [0.15, 0.2) is 0 Å². The number of thiazole rings is 1. The third-order valence-corrected chi connectivity index (χ3v) is 3.78. The Hall–Kier alpha value is -1.39. The van der Waals surface area contributed by atoms with Crippen LogP contribution in [0.15, 0.2) is 29.6 Å². The Labute approximate surface area is 112 Å². The van der Waals surface area contributed by atoms with Crippen LogP contribution in [-0.2, 0) is 6.42 Å². The summed E-state index contributed by atoms with van der Waals surface area (Å²) in [5, 5.41) is 6.51. The largest absolute Gasteiger partial charge is 0.497 e. The molecule has 96 valence electrons. The first kappa shape index (κ1) is 13.1. The zero-order valence-electron chi connectivity index (χ0n) is 10.9. The number of ether oxygens (including phenoxy) is 1. The Bertz CT molecular complexity index is 493. The van der Waals surface area contributed by atoms with E-state index in [4.69, 9.17) is 4.74 Å². The highest BCUT2D eigenvalue weighted by molar-refractivity contribution is 7.09. The summed E-state index contributed by atoms with van der Waals surface area (Å²) in [7, 11) is 3.65. The van der Waals surface area contributed by atoms with Gasteiger partial charge in [-0.05, 0) is 38.2 Å². The zero-order chi connectivity index (χ0) is 13.0. The summed E-state index contributed by atoms with van der Waals surface area (Å²) in [5.41, 5.74) is 2.18. The molecule has 4 heteroatoms. The molecule has 1 heterocycles. The Morgan fingerprint density at radius 3 is 2.67 bits per heavy atom. The van der Waals surface area contributed by atoms with Crippen molar-refractivity contribution < 1.29 is 4.74 Å². The van der Waals surface area contributed by atoms with E-state index in [2.05, 4.69) is 22.6 Å². The molecule has 1 atom stereocenters. The van der Waals surface area contributed by atoms with Crippen LogP contribution in [0, 0.1) is 0 Å². The van der Waals surface area contributed by atoms with Gasteiger partial charge in [-0.15, -0.1) is 11.3 Å². The van der Waals surface area contributed by atoms with Crippen LogP contribution < -0.4 is 10.1 Å². The van der Waals surface area contributed by atoms with Crippen molar-refractivity contribution in [1.82, 2.24) is 10.3 Å². The minimum absolute atomic E-state index is 0.458. The maximum atomic E-state index is 5.15. The second kappa shape index (κ2) is 5.98. The predicted octanol–water partition coefficient (Wildman–Crippen LogP) is 2.97. The number of hydrogen-bond donors (Lipinski definition) is 1. The standard InChI is InChI=1S/C14H18N2OS/c1-10(15-2)8-14-16-13(9-18-14)11-4-6-12(17-3)7-5-11/h4-7,9-10,15H,8H2,1-3H3. The molecule has 0 fully saturated rings. The van der Waals surface area contributed by atoms with Crippen molar-refractivity contribution in [2.75, 3.05) is 14.2 Å². The van der Waals surface area contributed by atoms with Crippen LogP contribution in [0.2, 0.25) is 0 Å². The fourth-order valence-corrected chi connectivity index (χ4v) is 2.60. The molecular formula is C14H18N2OS. The van der Waals surface area contributed by atoms with Gasteiger partial charge in [-0.2, -0.15) is 0 Å². The van der Waals surface area contributed by atoms with Crippen molar-refractivity contribution in [2.45, 2.75) is 19.4 Å². The number of aromatic nitrogens is 1. The van der Waals surface area contributed by atoms with Crippen LogP contribution in [0.1, 0.15) is 11.9 Å². The average Bonchev–Trinajstić information content (AvgIpc) is 2.87. The first-order chi connectivity index (χ1) is 8.72. The van der Waals surface area contributed by atoms with Crippen molar-refractivity contribution >= 4 is 11.3 Å². The number of rotatable bonds is 5. The number of likely N-dealkylation sites (N-methyl/N-ethyl adjacent to an activating group) is 1. The fourth-order valence-electron chi connectivity index (χ4n) is 1.66. The van der Waals surface area contributed by atoms with Gasteiger partial charge in [0.2, 0.25) is 0 Å². The van der Waals surface area contributed by atoms with Gasteiger partial charge >= 0.3 is 0 Å². The fraction of sp³-hybridized carbons (Fsp3) is 0.357. The highest BCUT2D eigenvalue weighted by Crippen LogP contribution is 2.24. The van der Waals surface area contributed by atoms with E-state index in [9.17, 15) is 0 Å². The van der Waals surface area contributed by atoms with E-state index in [0.29, 0.717) is 6.04 Å². The van der Waals surface area contributed by atoms with E-state index >= 15 is 0 Å². The Kier molecular flexibility index (Phi) is 4.33. The minimum Gasteiger partial charge on any atom is -0.497 e. The molecule has 0 aliphatic rings. The number of benzene rings is 1. The molecule has 0 radical (unpaired) electrons. The van der Waals surface area contributed by atoms with Gasteiger partial charge in [-0.3, -0.25) is 0 Å². The van der Waals surface area contributed by atoms with Crippen molar-refractivity contribution in [3.8, 4) is 17.0 Å². The molecule has 3 nitrogen and oxygen atoms in total. The number of hydrogen-bond acceptors (Lipinski definition) is 4. The van der Waals surface area contributed by atoms with Crippen LogP contribution in [0.25, 0.3) is 11.3 Å². The zero-order valence-corrected chi connectivity index (χ0v) is 11.8. The second-order valence-electron chi connectivity index (χ2n) is 4.25. The smallest absolute Gasteiger partial charge is 0.118 e. The Morgan fingerprint density at radius 2 is 2.06 bits per heavy atom. The summed E-state index contributed by atoms with van der Waals surface area (Å²) < 4.78 is 5.15. The molecule has 0 spiro atoms. The molecule has 1 unspecified atom stereocenters. The van der Waals surface area contributed by atoms with E-state index in [1.807, 2.05) is 31.3 Å². The SMILES string of the molecule is CNC(C)Cc1nc(-c2ccc(OC)cc2)cs1. The predicted molar refractivity (Wildman–Crippen MR) is 76.3 cm³/mol. The molecule has 1 aromatic carbocycles. The summed E-state index contributed by atoms with van der Waals surface area (Å²) in [6.45, 7) is 2.16. The van der Waals surface area contributed by atoms with Gasteiger partial charge in [-0.25, -0.2) is 4.98 Å². The Balaban J connectivity index is 2.13. The molecule has 2 aromatic rings. The van der Waals surface area contributed by atoms with Crippen LogP contribution in [0.3, 0.4) is 0 Å². The Morgan fingerprint density at radius 1 is 1.33 bits per heavy atom. The molecule has 1 N–H and O–H groups in total. The van der Waals surface area contributed by atoms with Crippen LogP contribution >= 0.6 is 11.3 Å². The van der Waals surface area contributed by atoms with Crippen molar-refractivity contribution in [3.05, 3.63) is 34.7 Å². The van der Waals surface area contributed by atoms with E-state index in [1.54, 1.807) is 18.4 Å². The molecule has 0 aliphatic carbocycles. The van der Waals surface area contributed by atoms with Gasteiger partial charge in [0, 0.05) is 23.4 Å². The molecule has 1 aromatic heterocycles. The lowest BCUT2D eigenvalue weighted by Crippen LogP contribution is -2.23. The monoisotopic (exact) mass is 262 g/mol. The number of nitrogens with zero attached hydrogens (tertiary/aromatic N) is 1. The van der Waals surface area contributed by atoms with Gasteiger partial charge in [0.25, 0.3) is 0 Å². The van der Waals surface area contributed by atoms with Gasteiger partial charge in [-0.1, -0.05) is 0 Å². The van der Waals surface area contributed by atoms with Crippen LogP contribution in [0.5, 0.6) is 5.75 Å². The lowest BCUT2D eigenvalue weighted by Gasteiger charge is -2.06. The molecule has 0 bridgehead atoms. The van der Waals surface area contributed by atoms with Gasteiger partial charge in [0.1, 0.15) is 5.75 Å². The molecule has 0 amide bonds.